The number of amides is 1. The third-order valence-corrected chi connectivity index (χ3v) is 3.08. The minimum atomic E-state index is -1.29. The fourth-order valence-corrected chi connectivity index (χ4v) is 1.93. The maximum absolute atomic E-state index is 12.1. The van der Waals surface area contributed by atoms with Crippen molar-refractivity contribution >= 4 is 35.1 Å². The summed E-state index contributed by atoms with van der Waals surface area (Å²) in [5.41, 5.74) is -0.339. The number of aromatic nitrogens is 1. The lowest BCUT2D eigenvalue weighted by atomic mass is 10.1. The zero-order valence-electron chi connectivity index (χ0n) is 10.9. The summed E-state index contributed by atoms with van der Waals surface area (Å²) >= 11 is 5.73. The number of aromatic carboxylic acids is 2. The molecule has 1 heterocycles. The lowest BCUT2D eigenvalue weighted by Crippen LogP contribution is -2.17. The SMILES string of the molecule is O=C(O)c1cc(NC(=O)c2ccncc2C(=O)O)ccc1Cl. The van der Waals surface area contributed by atoms with E-state index in [0.717, 1.165) is 6.20 Å². The first kappa shape index (κ1) is 15.5. The van der Waals surface area contributed by atoms with Gasteiger partial charge in [-0.2, -0.15) is 0 Å². The van der Waals surface area contributed by atoms with Gasteiger partial charge >= 0.3 is 11.9 Å². The number of hydrogen-bond donors (Lipinski definition) is 3. The van der Waals surface area contributed by atoms with Crippen molar-refractivity contribution in [2.24, 2.45) is 0 Å². The molecule has 7 nitrogen and oxygen atoms in total. The second kappa shape index (κ2) is 6.23. The average Bonchev–Trinajstić information content (AvgIpc) is 2.48. The van der Waals surface area contributed by atoms with Gasteiger partial charge in [-0.3, -0.25) is 9.78 Å². The molecular formula is C14H9ClN2O5. The zero-order valence-corrected chi connectivity index (χ0v) is 11.7. The Morgan fingerprint density at radius 2 is 1.68 bits per heavy atom. The zero-order chi connectivity index (χ0) is 16.3. The van der Waals surface area contributed by atoms with E-state index in [-0.39, 0.29) is 27.4 Å². The third-order valence-electron chi connectivity index (χ3n) is 2.75. The molecule has 1 aromatic carbocycles. The van der Waals surface area contributed by atoms with Gasteiger partial charge in [0.05, 0.1) is 21.7 Å². The average molecular weight is 321 g/mol. The molecule has 1 amide bonds. The van der Waals surface area contributed by atoms with Crippen LogP contribution >= 0.6 is 11.6 Å². The molecule has 112 valence electrons. The largest absolute Gasteiger partial charge is 0.478 e. The van der Waals surface area contributed by atoms with Crippen LogP contribution in [0.1, 0.15) is 31.1 Å². The molecule has 8 heteroatoms. The van der Waals surface area contributed by atoms with Crippen molar-refractivity contribution < 1.29 is 24.6 Å². The first-order valence-electron chi connectivity index (χ1n) is 5.91. The first-order chi connectivity index (χ1) is 10.4. The van der Waals surface area contributed by atoms with Crippen molar-refractivity contribution in [3.63, 3.8) is 0 Å². The molecule has 0 radical (unpaired) electrons. The van der Waals surface area contributed by atoms with E-state index >= 15 is 0 Å². The third kappa shape index (κ3) is 3.21. The van der Waals surface area contributed by atoms with Gasteiger partial charge in [0.15, 0.2) is 0 Å². The number of carboxylic acid groups (broad SMARTS) is 2. The monoisotopic (exact) mass is 320 g/mol. The van der Waals surface area contributed by atoms with Crippen LogP contribution in [0, 0.1) is 0 Å². The number of halogens is 1. The molecule has 0 saturated heterocycles. The molecule has 0 saturated carbocycles. The number of anilines is 1. The van der Waals surface area contributed by atoms with E-state index in [1.807, 2.05) is 0 Å². The Bertz CT molecular complexity index is 776. The number of pyridine rings is 1. The molecule has 0 aliphatic rings. The number of rotatable bonds is 4. The summed E-state index contributed by atoms with van der Waals surface area (Å²) < 4.78 is 0. The van der Waals surface area contributed by atoms with E-state index < -0.39 is 17.8 Å². The molecule has 0 aliphatic carbocycles. The number of carbonyl (C=O) groups is 3. The second-order valence-corrected chi connectivity index (χ2v) is 4.59. The molecule has 0 aliphatic heterocycles. The summed E-state index contributed by atoms with van der Waals surface area (Å²) in [4.78, 5) is 37.8. The van der Waals surface area contributed by atoms with Crippen molar-refractivity contribution in [3.05, 3.63) is 58.4 Å². The van der Waals surface area contributed by atoms with Gasteiger partial charge in [0.25, 0.3) is 5.91 Å². The molecule has 0 unspecified atom stereocenters. The Labute approximate surface area is 129 Å². The van der Waals surface area contributed by atoms with Gasteiger partial charge < -0.3 is 15.5 Å². The van der Waals surface area contributed by atoms with Crippen molar-refractivity contribution in [1.82, 2.24) is 4.98 Å². The smallest absolute Gasteiger partial charge is 0.338 e. The summed E-state index contributed by atoms with van der Waals surface area (Å²) in [5.74, 6) is -3.23. The van der Waals surface area contributed by atoms with Crippen molar-refractivity contribution in [2.75, 3.05) is 5.32 Å². The highest BCUT2D eigenvalue weighted by Crippen LogP contribution is 2.21. The van der Waals surface area contributed by atoms with Crippen LogP contribution in [-0.4, -0.2) is 33.0 Å². The van der Waals surface area contributed by atoms with Crippen molar-refractivity contribution in [2.45, 2.75) is 0 Å². The van der Waals surface area contributed by atoms with Crippen LogP contribution in [0.2, 0.25) is 5.02 Å². The van der Waals surface area contributed by atoms with Gasteiger partial charge in [-0.15, -0.1) is 0 Å². The van der Waals surface area contributed by atoms with Crippen LogP contribution in [0.15, 0.2) is 36.7 Å². The van der Waals surface area contributed by atoms with E-state index in [1.165, 1.54) is 30.5 Å². The summed E-state index contributed by atoms with van der Waals surface area (Å²) in [7, 11) is 0. The molecule has 0 fully saturated rings. The Hall–Kier alpha value is -2.93. The fourth-order valence-electron chi connectivity index (χ4n) is 1.73. The lowest BCUT2D eigenvalue weighted by molar-refractivity contribution is 0.0684. The van der Waals surface area contributed by atoms with Crippen LogP contribution in [0.5, 0.6) is 0 Å². The summed E-state index contributed by atoms with van der Waals surface area (Å²) in [6.45, 7) is 0. The van der Waals surface area contributed by atoms with E-state index in [0.29, 0.717) is 0 Å². The molecule has 0 bridgehead atoms. The highest BCUT2D eigenvalue weighted by Gasteiger charge is 2.17. The van der Waals surface area contributed by atoms with Gasteiger partial charge in [0.1, 0.15) is 0 Å². The number of hydrogen-bond acceptors (Lipinski definition) is 4. The normalized spacial score (nSPS) is 10.0. The maximum Gasteiger partial charge on any atom is 0.338 e. The highest BCUT2D eigenvalue weighted by molar-refractivity contribution is 6.33. The summed E-state index contributed by atoms with van der Waals surface area (Å²) in [6.07, 6.45) is 2.34. The van der Waals surface area contributed by atoms with Gasteiger partial charge in [-0.1, -0.05) is 11.6 Å². The van der Waals surface area contributed by atoms with Crippen LogP contribution in [0.25, 0.3) is 0 Å². The molecule has 1 aromatic heterocycles. The van der Waals surface area contributed by atoms with Crippen molar-refractivity contribution in [1.29, 1.82) is 0 Å². The molecule has 22 heavy (non-hydrogen) atoms. The maximum atomic E-state index is 12.1. The second-order valence-electron chi connectivity index (χ2n) is 4.18. The first-order valence-corrected chi connectivity index (χ1v) is 6.29. The highest BCUT2D eigenvalue weighted by atomic mass is 35.5. The minimum Gasteiger partial charge on any atom is -0.478 e. The minimum absolute atomic E-state index is 0.0284. The predicted molar refractivity (Wildman–Crippen MR) is 77.6 cm³/mol. The number of nitrogens with zero attached hydrogens (tertiary/aromatic N) is 1. The van der Waals surface area contributed by atoms with Gasteiger partial charge in [-0.05, 0) is 24.3 Å². The number of carbonyl (C=O) groups excluding carboxylic acids is 1. The molecule has 0 spiro atoms. The fraction of sp³-hybridized carbons (Fsp3) is 0. The predicted octanol–water partition coefficient (Wildman–Crippen LogP) is 2.38. The lowest BCUT2D eigenvalue weighted by Gasteiger charge is -2.08. The molecule has 2 aromatic rings. The quantitative estimate of drug-likeness (QED) is 0.796. The van der Waals surface area contributed by atoms with Crippen molar-refractivity contribution in [3.8, 4) is 0 Å². The van der Waals surface area contributed by atoms with Gasteiger partial charge in [0.2, 0.25) is 0 Å². The van der Waals surface area contributed by atoms with E-state index in [2.05, 4.69) is 10.3 Å². The Balaban J connectivity index is 2.32. The molecular weight excluding hydrogens is 312 g/mol. The molecule has 2 rings (SSSR count). The Morgan fingerprint density at radius 3 is 2.32 bits per heavy atom. The van der Waals surface area contributed by atoms with E-state index in [4.69, 9.17) is 21.8 Å². The van der Waals surface area contributed by atoms with Crippen LogP contribution in [0.4, 0.5) is 5.69 Å². The van der Waals surface area contributed by atoms with Gasteiger partial charge in [0, 0.05) is 18.1 Å². The number of nitrogens with one attached hydrogen (secondary N) is 1. The van der Waals surface area contributed by atoms with Crippen LogP contribution in [-0.2, 0) is 0 Å². The number of carboxylic acids is 2. The topological polar surface area (TPSA) is 117 Å². The van der Waals surface area contributed by atoms with E-state index in [9.17, 15) is 14.4 Å². The molecule has 0 atom stereocenters. The van der Waals surface area contributed by atoms with E-state index in [1.54, 1.807) is 0 Å². The van der Waals surface area contributed by atoms with Gasteiger partial charge in [-0.25, -0.2) is 9.59 Å². The number of benzene rings is 1. The summed E-state index contributed by atoms with van der Waals surface area (Å²) in [6, 6.07) is 5.18. The van der Waals surface area contributed by atoms with Crippen LogP contribution < -0.4 is 5.32 Å². The Kier molecular flexibility index (Phi) is 4.38. The summed E-state index contributed by atoms with van der Waals surface area (Å²) in [5, 5.41) is 20.4. The molecule has 3 N–H and O–H groups in total. The Morgan fingerprint density at radius 1 is 1.00 bits per heavy atom. The standard InChI is InChI=1S/C14H9ClN2O5/c15-11-2-1-7(5-9(11)13(19)20)17-12(18)8-3-4-16-6-10(8)14(21)22/h1-6H,(H,17,18)(H,19,20)(H,21,22). The van der Waals surface area contributed by atoms with Crippen LogP contribution in [0.3, 0.4) is 0 Å².